The van der Waals surface area contributed by atoms with Crippen molar-refractivity contribution in [2.24, 2.45) is 5.92 Å². The highest BCUT2D eigenvalue weighted by molar-refractivity contribution is 6.11. The minimum Gasteiger partial charge on any atom is -0.383 e. The molecule has 1 saturated carbocycles. The first kappa shape index (κ1) is 20.8. The van der Waals surface area contributed by atoms with Crippen LogP contribution in [0.1, 0.15) is 51.2 Å². The Morgan fingerprint density at radius 1 is 1.00 bits per heavy atom. The third-order valence-corrected chi connectivity index (χ3v) is 5.93. The summed E-state index contributed by atoms with van der Waals surface area (Å²) in [6.45, 7) is 1.94. The van der Waals surface area contributed by atoms with Crippen LogP contribution in [0, 0.1) is 12.8 Å². The summed E-state index contributed by atoms with van der Waals surface area (Å²) in [6, 6.07) is 14.4. The normalized spacial score (nSPS) is 13.1. The van der Waals surface area contributed by atoms with E-state index in [1.165, 1.54) is 6.33 Å². The number of hydrogen-bond acceptors (Lipinski definition) is 6. The number of rotatable bonds is 7. The first-order valence-corrected chi connectivity index (χ1v) is 10.9. The van der Waals surface area contributed by atoms with E-state index in [0.717, 1.165) is 29.7 Å². The topological polar surface area (TPSA) is 104 Å². The molecule has 0 unspecified atom stereocenters. The third kappa shape index (κ3) is 4.17. The molecule has 0 saturated heterocycles. The molecular formula is C26H23N5O2. The van der Waals surface area contributed by atoms with Gasteiger partial charge < -0.3 is 5.73 Å². The summed E-state index contributed by atoms with van der Waals surface area (Å²) in [5.41, 5.74) is 10.0. The van der Waals surface area contributed by atoms with Gasteiger partial charge in [0.25, 0.3) is 0 Å². The quantitative estimate of drug-likeness (QED) is 0.429. The molecule has 2 aromatic heterocycles. The van der Waals surface area contributed by atoms with Crippen molar-refractivity contribution in [3.63, 3.8) is 0 Å². The van der Waals surface area contributed by atoms with Crippen molar-refractivity contribution in [1.29, 1.82) is 0 Å². The van der Waals surface area contributed by atoms with Crippen molar-refractivity contribution in [2.75, 3.05) is 5.73 Å². The van der Waals surface area contributed by atoms with E-state index < -0.39 is 0 Å². The van der Waals surface area contributed by atoms with Gasteiger partial charge in [-0.3, -0.25) is 14.2 Å². The predicted molar refractivity (Wildman–Crippen MR) is 125 cm³/mol. The second kappa shape index (κ2) is 8.43. The van der Waals surface area contributed by atoms with Gasteiger partial charge in [-0.1, -0.05) is 30.3 Å². The standard InChI is InChI=1S/C26H23N5O2/c1-16-6-9-18(22(32)12-17-7-8-17)14-21(16)31-15-30-23(25(31)27)24(33)19-4-2-5-20(13-19)26-28-10-3-11-29-26/h2-6,9-11,13-15,17H,7-8,12,27H2,1H3. The molecule has 0 aliphatic heterocycles. The van der Waals surface area contributed by atoms with Gasteiger partial charge in [-0.15, -0.1) is 0 Å². The summed E-state index contributed by atoms with van der Waals surface area (Å²) in [5.74, 6) is 1.13. The lowest BCUT2D eigenvalue weighted by molar-refractivity contribution is 0.0975. The lowest BCUT2D eigenvalue weighted by atomic mass is 10.0. The van der Waals surface area contributed by atoms with Gasteiger partial charge in [0.1, 0.15) is 12.1 Å². The lowest BCUT2D eigenvalue weighted by Crippen LogP contribution is -2.09. The zero-order valence-electron chi connectivity index (χ0n) is 18.2. The van der Waals surface area contributed by atoms with Crippen LogP contribution in [0.3, 0.4) is 0 Å². The molecule has 7 nitrogen and oxygen atoms in total. The molecule has 0 bridgehead atoms. The average Bonchev–Trinajstić information content (AvgIpc) is 3.58. The van der Waals surface area contributed by atoms with E-state index >= 15 is 0 Å². The fourth-order valence-corrected chi connectivity index (χ4v) is 3.85. The van der Waals surface area contributed by atoms with E-state index in [0.29, 0.717) is 29.3 Å². The van der Waals surface area contributed by atoms with Crippen molar-refractivity contribution in [1.82, 2.24) is 19.5 Å². The van der Waals surface area contributed by atoms with E-state index in [1.807, 2.05) is 31.2 Å². The van der Waals surface area contributed by atoms with Crippen LogP contribution in [0.5, 0.6) is 0 Å². The van der Waals surface area contributed by atoms with E-state index in [4.69, 9.17) is 5.73 Å². The molecule has 164 valence electrons. The molecule has 2 heterocycles. The minimum absolute atomic E-state index is 0.133. The number of imidazole rings is 1. The van der Waals surface area contributed by atoms with Crippen LogP contribution >= 0.6 is 0 Å². The highest BCUT2D eigenvalue weighted by atomic mass is 16.1. The number of benzene rings is 2. The monoisotopic (exact) mass is 437 g/mol. The molecule has 2 aromatic carbocycles. The summed E-state index contributed by atoms with van der Waals surface area (Å²) < 4.78 is 1.67. The van der Waals surface area contributed by atoms with Gasteiger partial charge in [-0.05, 0) is 49.4 Å². The number of aromatic nitrogens is 4. The number of anilines is 1. The molecule has 0 radical (unpaired) electrons. The third-order valence-electron chi connectivity index (χ3n) is 5.93. The molecule has 0 amide bonds. The molecule has 5 rings (SSSR count). The van der Waals surface area contributed by atoms with Crippen LogP contribution in [0.15, 0.2) is 67.3 Å². The fourth-order valence-electron chi connectivity index (χ4n) is 3.85. The van der Waals surface area contributed by atoms with Crippen LogP contribution < -0.4 is 5.73 Å². The van der Waals surface area contributed by atoms with E-state index in [-0.39, 0.29) is 23.1 Å². The molecule has 4 aromatic rings. The van der Waals surface area contributed by atoms with Gasteiger partial charge in [-0.2, -0.15) is 0 Å². The largest absolute Gasteiger partial charge is 0.383 e. The van der Waals surface area contributed by atoms with Crippen LogP contribution in [-0.4, -0.2) is 31.1 Å². The Kier molecular flexibility index (Phi) is 5.30. The molecule has 0 spiro atoms. The average molecular weight is 438 g/mol. The molecule has 1 aliphatic rings. The van der Waals surface area contributed by atoms with Gasteiger partial charge in [0.15, 0.2) is 17.3 Å². The maximum Gasteiger partial charge on any atom is 0.215 e. The molecule has 33 heavy (non-hydrogen) atoms. The molecule has 0 atom stereocenters. The Hall–Kier alpha value is -4.13. The molecule has 7 heteroatoms. The van der Waals surface area contributed by atoms with Gasteiger partial charge >= 0.3 is 0 Å². The van der Waals surface area contributed by atoms with Crippen molar-refractivity contribution >= 4 is 17.4 Å². The minimum atomic E-state index is -0.289. The molecule has 2 N–H and O–H groups in total. The molecule has 1 aliphatic carbocycles. The Labute approximate surface area is 191 Å². The summed E-state index contributed by atoms with van der Waals surface area (Å²) in [7, 11) is 0. The first-order valence-electron chi connectivity index (χ1n) is 10.9. The number of carbonyl (C=O) groups excluding carboxylic acids is 2. The Balaban J connectivity index is 1.46. The lowest BCUT2D eigenvalue weighted by Gasteiger charge is -2.11. The van der Waals surface area contributed by atoms with Crippen molar-refractivity contribution < 1.29 is 9.59 Å². The maximum absolute atomic E-state index is 13.2. The summed E-state index contributed by atoms with van der Waals surface area (Å²) in [5, 5.41) is 0. The second-order valence-electron chi connectivity index (χ2n) is 8.40. The smallest absolute Gasteiger partial charge is 0.215 e. The first-order chi connectivity index (χ1) is 16.0. The Morgan fingerprint density at radius 2 is 1.79 bits per heavy atom. The number of carbonyl (C=O) groups is 2. The maximum atomic E-state index is 13.2. The number of hydrogen-bond donors (Lipinski definition) is 1. The van der Waals surface area contributed by atoms with Crippen LogP contribution in [0.2, 0.25) is 0 Å². The van der Waals surface area contributed by atoms with Crippen LogP contribution in [0.25, 0.3) is 17.1 Å². The SMILES string of the molecule is Cc1ccc(C(=O)CC2CC2)cc1-n1cnc(C(=O)c2cccc(-c3ncccn3)c2)c1N. The van der Waals surface area contributed by atoms with E-state index in [1.54, 1.807) is 41.2 Å². The number of Topliss-reactive ketones (excluding diaryl/α,β-unsaturated/α-hetero) is 1. The van der Waals surface area contributed by atoms with E-state index in [2.05, 4.69) is 15.0 Å². The van der Waals surface area contributed by atoms with Gasteiger partial charge in [0, 0.05) is 35.5 Å². The Morgan fingerprint density at radius 3 is 2.55 bits per heavy atom. The van der Waals surface area contributed by atoms with Crippen LogP contribution in [-0.2, 0) is 0 Å². The zero-order valence-corrected chi connectivity index (χ0v) is 18.2. The van der Waals surface area contributed by atoms with Gasteiger partial charge in [0.05, 0.1) is 5.69 Å². The fraction of sp³-hybridized carbons (Fsp3) is 0.192. The number of ketones is 2. The van der Waals surface area contributed by atoms with E-state index in [9.17, 15) is 9.59 Å². The van der Waals surface area contributed by atoms with Crippen molar-refractivity contribution in [3.8, 4) is 17.1 Å². The number of aryl methyl sites for hydroxylation is 1. The molecular weight excluding hydrogens is 414 g/mol. The highest BCUT2D eigenvalue weighted by Crippen LogP contribution is 2.34. The predicted octanol–water partition coefficient (Wildman–Crippen LogP) is 4.43. The summed E-state index contributed by atoms with van der Waals surface area (Å²) in [4.78, 5) is 38.6. The highest BCUT2D eigenvalue weighted by Gasteiger charge is 2.25. The number of nitrogens with zero attached hydrogens (tertiary/aromatic N) is 4. The van der Waals surface area contributed by atoms with Crippen LogP contribution in [0.4, 0.5) is 5.82 Å². The van der Waals surface area contributed by atoms with Gasteiger partial charge in [-0.25, -0.2) is 15.0 Å². The van der Waals surface area contributed by atoms with Gasteiger partial charge in [0.2, 0.25) is 5.78 Å². The molecule has 1 fully saturated rings. The summed E-state index contributed by atoms with van der Waals surface area (Å²) in [6.07, 6.45) is 7.67. The second-order valence-corrected chi connectivity index (χ2v) is 8.40. The zero-order chi connectivity index (χ0) is 22.9. The summed E-state index contributed by atoms with van der Waals surface area (Å²) >= 11 is 0. The van der Waals surface area contributed by atoms with Crippen molar-refractivity contribution in [3.05, 3.63) is 89.6 Å². The van der Waals surface area contributed by atoms with Crippen molar-refractivity contribution in [2.45, 2.75) is 26.2 Å². The Bertz CT molecular complexity index is 1360. The number of nitrogen functional groups attached to an aromatic ring is 1. The number of nitrogens with two attached hydrogens (primary N) is 1.